The summed E-state index contributed by atoms with van der Waals surface area (Å²) < 4.78 is 35.2. The van der Waals surface area contributed by atoms with Crippen molar-refractivity contribution in [2.75, 3.05) is 0 Å². The zero-order chi connectivity index (χ0) is 23.2. The monoisotopic (exact) mass is 459 g/mol. The van der Waals surface area contributed by atoms with Crippen LogP contribution >= 0.6 is 0 Å². The van der Waals surface area contributed by atoms with Crippen molar-refractivity contribution < 1.29 is 28.2 Å². The standard InChI is InChI=1S/C24H27F2N3O4/c25-22(26)33-18-3-1-14(2-4-18)12-32-24(5-6-24)20(28-13-27)29-19-16-7-15-8-17(19)11-23(9-15,10-16)21(30)31/h1-4,15-17,19,22H,5-12H2,(H,28,29)(H,30,31). The van der Waals surface area contributed by atoms with Gasteiger partial charge in [0.1, 0.15) is 17.2 Å². The number of nitriles is 1. The molecule has 4 bridgehead atoms. The van der Waals surface area contributed by atoms with Crippen molar-refractivity contribution in [3.8, 4) is 11.9 Å². The first-order valence-corrected chi connectivity index (χ1v) is 11.5. The van der Waals surface area contributed by atoms with E-state index >= 15 is 0 Å². The lowest BCUT2D eigenvalue weighted by atomic mass is 9.48. The number of carbonyl (C=O) groups is 1. The number of rotatable bonds is 8. The van der Waals surface area contributed by atoms with Crippen molar-refractivity contribution in [1.29, 1.82) is 5.26 Å². The van der Waals surface area contributed by atoms with Crippen LogP contribution in [0.4, 0.5) is 8.78 Å². The van der Waals surface area contributed by atoms with Crippen LogP contribution in [-0.2, 0) is 16.1 Å². The van der Waals surface area contributed by atoms with E-state index in [2.05, 4.69) is 10.1 Å². The van der Waals surface area contributed by atoms with Crippen molar-refractivity contribution in [2.24, 2.45) is 28.2 Å². The molecule has 0 aromatic heterocycles. The number of nitrogens with zero attached hydrogens (tertiary/aromatic N) is 2. The second-order valence-corrected chi connectivity index (χ2v) is 10.1. The molecule has 5 aliphatic carbocycles. The molecule has 2 atom stereocenters. The Morgan fingerprint density at radius 1 is 1.21 bits per heavy atom. The number of hydrogen-bond acceptors (Lipinski definition) is 5. The summed E-state index contributed by atoms with van der Waals surface area (Å²) in [5.41, 5.74) is -0.455. The van der Waals surface area contributed by atoms with E-state index in [1.54, 1.807) is 12.1 Å². The first kappa shape index (κ1) is 22.1. The Bertz CT molecular complexity index is 970. The van der Waals surface area contributed by atoms with Crippen LogP contribution < -0.4 is 10.1 Å². The molecule has 2 unspecified atom stereocenters. The fourth-order valence-corrected chi connectivity index (χ4v) is 6.49. The Hall–Kier alpha value is -2.73. The number of alkyl halides is 2. The van der Waals surface area contributed by atoms with Gasteiger partial charge in [0, 0.05) is 0 Å². The van der Waals surface area contributed by atoms with Gasteiger partial charge in [0.25, 0.3) is 0 Å². The number of halogens is 2. The fraction of sp³-hybridized carbons (Fsp3) is 0.625. The number of aliphatic carboxylic acids is 1. The molecule has 5 fully saturated rings. The normalized spacial score (nSPS) is 33.6. The highest BCUT2D eigenvalue weighted by Gasteiger charge is 2.59. The van der Waals surface area contributed by atoms with Crippen molar-refractivity contribution in [3.05, 3.63) is 29.8 Å². The molecular formula is C24H27F2N3O4. The Labute approximate surface area is 190 Å². The molecule has 9 heteroatoms. The molecule has 176 valence electrons. The van der Waals surface area contributed by atoms with Crippen molar-refractivity contribution >= 4 is 11.8 Å². The van der Waals surface area contributed by atoms with Crippen LogP contribution in [0.1, 0.15) is 50.5 Å². The van der Waals surface area contributed by atoms with Crippen LogP contribution in [0, 0.1) is 34.6 Å². The summed E-state index contributed by atoms with van der Waals surface area (Å²) in [4.78, 5) is 17.0. The maximum Gasteiger partial charge on any atom is 0.387 e. The van der Waals surface area contributed by atoms with Gasteiger partial charge in [-0.25, -0.2) is 0 Å². The lowest BCUT2D eigenvalue weighted by Crippen LogP contribution is -2.56. The van der Waals surface area contributed by atoms with Gasteiger partial charge in [-0.3, -0.25) is 15.1 Å². The summed E-state index contributed by atoms with van der Waals surface area (Å²) in [7, 11) is 0. The molecule has 0 radical (unpaired) electrons. The van der Waals surface area contributed by atoms with Gasteiger partial charge in [-0.1, -0.05) is 12.1 Å². The molecule has 33 heavy (non-hydrogen) atoms. The topological polar surface area (TPSA) is 104 Å². The Kier molecular flexibility index (Phi) is 5.52. The summed E-state index contributed by atoms with van der Waals surface area (Å²) in [5.74, 6) is 0.850. The van der Waals surface area contributed by atoms with E-state index in [-0.39, 0.29) is 30.2 Å². The van der Waals surface area contributed by atoms with Crippen LogP contribution in [0.25, 0.3) is 0 Å². The van der Waals surface area contributed by atoms with Gasteiger partial charge < -0.3 is 14.6 Å². The molecule has 6 rings (SSSR count). The van der Waals surface area contributed by atoms with E-state index in [1.807, 2.05) is 6.19 Å². The molecule has 5 aliphatic rings. The second-order valence-electron chi connectivity index (χ2n) is 10.1. The summed E-state index contributed by atoms with van der Waals surface area (Å²) >= 11 is 0. The van der Waals surface area contributed by atoms with Gasteiger partial charge >= 0.3 is 12.6 Å². The number of carboxylic acid groups (broad SMARTS) is 1. The Balaban J connectivity index is 1.30. The van der Waals surface area contributed by atoms with Crippen molar-refractivity contribution in [2.45, 2.75) is 69.8 Å². The summed E-state index contributed by atoms with van der Waals surface area (Å²) in [6, 6.07) is 6.30. The highest BCUT2D eigenvalue weighted by atomic mass is 19.3. The Morgan fingerprint density at radius 2 is 1.88 bits per heavy atom. The molecule has 0 saturated heterocycles. The average molecular weight is 459 g/mol. The number of carboxylic acids is 1. The van der Waals surface area contributed by atoms with Crippen LogP contribution in [-0.4, -0.2) is 35.2 Å². The summed E-state index contributed by atoms with van der Waals surface area (Å²) in [5, 5.41) is 22.0. The molecule has 1 aromatic rings. The number of hydrogen-bond donors (Lipinski definition) is 2. The van der Waals surface area contributed by atoms with E-state index in [0.29, 0.717) is 24.6 Å². The van der Waals surface area contributed by atoms with Crippen molar-refractivity contribution in [1.82, 2.24) is 5.32 Å². The molecule has 0 spiro atoms. The zero-order valence-corrected chi connectivity index (χ0v) is 18.2. The highest BCUT2D eigenvalue weighted by molar-refractivity contribution is 5.94. The summed E-state index contributed by atoms with van der Waals surface area (Å²) in [6.07, 6.45) is 7.56. The smallest absolute Gasteiger partial charge is 0.387 e. The molecule has 2 N–H and O–H groups in total. The van der Waals surface area contributed by atoms with E-state index < -0.39 is 23.6 Å². The zero-order valence-electron chi connectivity index (χ0n) is 18.2. The minimum atomic E-state index is -2.87. The van der Waals surface area contributed by atoms with E-state index in [4.69, 9.17) is 9.73 Å². The van der Waals surface area contributed by atoms with Crippen LogP contribution in [0.2, 0.25) is 0 Å². The second kappa shape index (κ2) is 8.24. The van der Waals surface area contributed by atoms with Crippen molar-refractivity contribution in [3.63, 3.8) is 0 Å². The Morgan fingerprint density at radius 3 is 2.42 bits per heavy atom. The van der Waals surface area contributed by atoms with Gasteiger partial charge in [0.15, 0.2) is 6.19 Å². The van der Waals surface area contributed by atoms with E-state index in [1.165, 1.54) is 12.1 Å². The minimum Gasteiger partial charge on any atom is -0.481 e. The largest absolute Gasteiger partial charge is 0.481 e. The molecule has 0 amide bonds. The molecule has 1 aromatic carbocycles. The average Bonchev–Trinajstić information content (AvgIpc) is 3.55. The van der Waals surface area contributed by atoms with Gasteiger partial charge in [-0.05, 0) is 80.4 Å². The quantitative estimate of drug-likeness (QED) is 0.263. The van der Waals surface area contributed by atoms with E-state index in [9.17, 15) is 23.9 Å². The van der Waals surface area contributed by atoms with Crippen LogP contribution in [0.3, 0.4) is 0 Å². The predicted molar refractivity (Wildman–Crippen MR) is 113 cm³/mol. The van der Waals surface area contributed by atoms with Gasteiger partial charge in [-0.15, -0.1) is 0 Å². The minimum absolute atomic E-state index is 0.0109. The van der Waals surface area contributed by atoms with Crippen LogP contribution in [0.15, 0.2) is 29.3 Å². The summed E-state index contributed by atoms with van der Waals surface area (Å²) in [6.45, 7) is -2.61. The first-order valence-electron chi connectivity index (χ1n) is 11.5. The third kappa shape index (κ3) is 4.17. The third-order valence-electron chi connectivity index (χ3n) is 7.93. The SMILES string of the molecule is N#CNC(=NC1C2CC3CC1CC(C(=O)O)(C3)C2)C1(OCc2ccc(OC(F)F)cc2)CC1. The third-order valence-corrected chi connectivity index (χ3v) is 7.93. The van der Waals surface area contributed by atoms with Gasteiger partial charge in [0.05, 0.1) is 18.1 Å². The number of benzene rings is 1. The lowest BCUT2D eigenvalue weighted by molar-refractivity contribution is -0.166. The lowest BCUT2D eigenvalue weighted by Gasteiger charge is -2.57. The number of aliphatic imine (C=N–C) groups is 1. The maximum atomic E-state index is 12.3. The van der Waals surface area contributed by atoms with Gasteiger partial charge in [-0.2, -0.15) is 14.0 Å². The van der Waals surface area contributed by atoms with Crippen LogP contribution in [0.5, 0.6) is 5.75 Å². The molecule has 0 aliphatic heterocycles. The number of amidine groups is 1. The molecule has 0 heterocycles. The first-order chi connectivity index (χ1) is 15.8. The molecule has 7 nitrogen and oxygen atoms in total. The van der Waals surface area contributed by atoms with Gasteiger partial charge in [0.2, 0.25) is 0 Å². The molecule has 5 saturated carbocycles. The maximum absolute atomic E-state index is 12.3. The predicted octanol–water partition coefficient (Wildman–Crippen LogP) is 4.09. The number of nitrogens with one attached hydrogen (secondary N) is 1. The highest BCUT2D eigenvalue weighted by Crippen LogP contribution is 2.61. The van der Waals surface area contributed by atoms with E-state index in [0.717, 1.165) is 37.7 Å². The fourth-order valence-electron chi connectivity index (χ4n) is 6.49. The molecular weight excluding hydrogens is 432 g/mol. The number of ether oxygens (including phenoxy) is 2.